The average molecular weight is 835 g/mol. The van der Waals surface area contributed by atoms with Crippen molar-refractivity contribution in [3.63, 3.8) is 0 Å². The van der Waals surface area contributed by atoms with Crippen LogP contribution in [0.4, 0.5) is 22.7 Å². The van der Waals surface area contributed by atoms with Crippen molar-refractivity contribution in [3.8, 4) is 0 Å². The van der Waals surface area contributed by atoms with E-state index in [0.717, 1.165) is 22.5 Å². The molecule has 5 rings (SSSR count). The van der Waals surface area contributed by atoms with Gasteiger partial charge in [0.25, 0.3) is 30.4 Å². The van der Waals surface area contributed by atoms with Crippen molar-refractivity contribution in [1.29, 1.82) is 0 Å². The Balaban J connectivity index is 1.59. The van der Waals surface area contributed by atoms with Gasteiger partial charge in [-0.25, -0.2) is 0 Å². The predicted octanol–water partition coefficient (Wildman–Crippen LogP) is 10.6. The van der Waals surface area contributed by atoms with E-state index in [9.17, 15) is 38.9 Å². The lowest BCUT2D eigenvalue weighted by Gasteiger charge is -2.24. The molecule has 57 heavy (non-hydrogen) atoms. The van der Waals surface area contributed by atoms with Crippen molar-refractivity contribution < 1.29 is 38.9 Å². The van der Waals surface area contributed by atoms with E-state index in [2.05, 4.69) is 10.6 Å². The van der Waals surface area contributed by atoms with Gasteiger partial charge in [-0.3, -0.25) is 13.7 Å². The second-order valence-corrected chi connectivity index (χ2v) is 19.7. The van der Waals surface area contributed by atoms with Gasteiger partial charge < -0.3 is 10.6 Å². The van der Waals surface area contributed by atoms with Crippen LogP contribution in [0.3, 0.4) is 0 Å². The zero-order valence-electron chi connectivity index (χ0n) is 33.1. The fourth-order valence-corrected chi connectivity index (χ4v) is 8.88. The van der Waals surface area contributed by atoms with Gasteiger partial charge in [-0.1, -0.05) is 97.9 Å². The van der Waals surface area contributed by atoms with Crippen molar-refractivity contribution in [2.75, 3.05) is 10.6 Å². The maximum atomic E-state index is 12.7. The van der Waals surface area contributed by atoms with Crippen LogP contribution in [0, 0.1) is 0 Å². The molecule has 0 bridgehead atoms. The number of hydrogen-bond donors (Lipinski definition) is 5. The highest BCUT2D eigenvalue weighted by Crippen LogP contribution is 2.41. The van der Waals surface area contributed by atoms with Crippen LogP contribution in [-0.2, 0) is 30.4 Å². The molecule has 0 atom stereocenters. The predicted molar refractivity (Wildman–Crippen MR) is 226 cm³/mol. The average Bonchev–Trinajstić information content (AvgIpc) is 3.11. The normalized spacial score (nSPS) is 12.6. The summed E-state index contributed by atoms with van der Waals surface area (Å²) < 4.78 is 104. The van der Waals surface area contributed by atoms with Crippen LogP contribution in [-0.4, -0.2) is 38.9 Å². The molecule has 0 saturated carbocycles. The molecule has 0 unspecified atom stereocenters. The van der Waals surface area contributed by atoms with Crippen molar-refractivity contribution >= 4 is 53.1 Å². The maximum Gasteiger partial charge on any atom is 0.294 e. The molecule has 5 aromatic carbocycles. The van der Waals surface area contributed by atoms with Crippen molar-refractivity contribution in [1.82, 2.24) is 0 Å². The monoisotopic (exact) mass is 834 g/mol. The van der Waals surface area contributed by atoms with Crippen LogP contribution < -0.4 is 10.6 Å². The van der Waals surface area contributed by atoms with Crippen LogP contribution in [0.2, 0.25) is 0 Å². The quantitative estimate of drug-likeness (QED) is 0.0529. The standard InChI is InChI=1S/C43H50N2O9S3/c1-25(2)36-21-33(55(46,47)48)22-37(26(3)4)42(36)44-31-17-13-29(14-18-31)41(35-11-9-10-12-40(35)57(52,53)54)30-15-19-32(20-16-30)45-43-38(27(5)6)23-34(56(49,50)51)24-39(43)28(7)8/h9-28,41,44-45H,1-8H3,(H,46,47,48)(H,49,50,51)(H,52,53,54). The summed E-state index contributed by atoms with van der Waals surface area (Å²) in [4.78, 5) is -0.579. The topological polar surface area (TPSA) is 187 Å². The van der Waals surface area contributed by atoms with E-state index < -0.39 is 36.3 Å². The van der Waals surface area contributed by atoms with Crippen molar-refractivity contribution in [2.45, 2.75) is 99.7 Å². The summed E-state index contributed by atoms with van der Waals surface area (Å²) in [6.07, 6.45) is 0. The summed E-state index contributed by atoms with van der Waals surface area (Å²) >= 11 is 0. The first-order valence-corrected chi connectivity index (χ1v) is 22.9. The maximum absolute atomic E-state index is 12.7. The summed E-state index contributed by atoms with van der Waals surface area (Å²) in [6.45, 7) is 15.5. The van der Waals surface area contributed by atoms with E-state index in [0.29, 0.717) is 39.2 Å². The van der Waals surface area contributed by atoms with Gasteiger partial charge in [0.2, 0.25) is 0 Å². The van der Waals surface area contributed by atoms with Gasteiger partial charge >= 0.3 is 0 Å². The zero-order valence-corrected chi connectivity index (χ0v) is 35.6. The number of benzene rings is 5. The van der Waals surface area contributed by atoms with E-state index in [1.54, 1.807) is 18.2 Å². The van der Waals surface area contributed by atoms with Crippen molar-refractivity contribution in [2.24, 2.45) is 0 Å². The second-order valence-electron chi connectivity index (χ2n) is 15.5. The van der Waals surface area contributed by atoms with Crippen LogP contribution >= 0.6 is 0 Å². The third kappa shape index (κ3) is 9.94. The molecule has 0 aromatic heterocycles. The molecule has 0 fully saturated rings. The lowest BCUT2D eigenvalue weighted by Crippen LogP contribution is -2.11. The number of anilines is 4. The Bertz CT molecular complexity index is 2400. The summed E-state index contributed by atoms with van der Waals surface area (Å²) in [5, 5.41) is 6.93. The Hall–Kier alpha value is -4.57. The first-order chi connectivity index (χ1) is 26.5. The molecule has 0 heterocycles. The molecule has 5 N–H and O–H groups in total. The summed E-state index contributed by atoms with van der Waals surface area (Å²) in [6, 6.07) is 27.0. The zero-order chi connectivity index (χ0) is 42.2. The third-order valence-electron chi connectivity index (χ3n) is 9.96. The smallest absolute Gasteiger partial charge is 0.294 e. The van der Waals surface area contributed by atoms with Gasteiger partial charge in [0.1, 0.15) is 0 Å². The minimum atomic E-state index is -4.62. The van der Waals surface area contributed by atoms with E-state index >= 15 is 0 Å². The third-order valence-corrected chi connectivity index (χ3v) is 12.6. The van der Waals surface area contributed by atoms with Crippen LogP contribution in [0.5, 0.6) is 0 Å². The van der Waals surface area contributed by atoms with E-state index in [4.69, 9.17) is 0 Å². The van der Waals surface area contributed by atoms with Crippen LogP contribution in [0.25, 0.3) is 0 Å². The van der Waals surface area contributed by atoms with E-state index in [-0.39, 0.29) is 38.4 Å². The van der Waals surface area contributed by atoms with Gasteiger partial charge in [-0.05, 0) is 117 Å². The summed E-state index contributed by atoms with van der Waals surface area (Å²) in [5.41, 5.74) is 7.46. The molecule has 0 saturated heterocycles. The molecule has 304 valence electrons. The van der Waals surface area contributed by atoms with Gasteiger partial charge in [0.15, 0.2) is 0 Å². The highest BCUT2D eigenvalue weighted by molar-refractivity contribution is 7.86. The Morgan fingerprint density at radius 3 is 1.02 bits per heavy atom. The fraction of sp³-hybridized carbons (Fsp3) is 0.302. The molecule has 0 spiro atoms. The number of rotatable bonds is 14. The Labute approximate surface area is 336 Å². The lowest BCUT2D eigenvalue weighted by molar-refractivity contribution is 0.480. The van der Waals surface area contributed by atoms with Crippen molar-refractivity contribution in [3.05, 3.63) is 136 Å². The summed E-state index contributed by atoms with van der Waals surface area (Å²) in [5.74, 6) is -1.00. The van der Waals surface area contributed by atoms with Gasteiger partial charge in [-0.2, -0.15) is 25.3 Å². The molecule has 5 aromatic rings. The molecule has 0 amide bonds. The highest BCUT2D eigenvalue weighted by atomic mass is 32.2. The summed E-state index contributed by atoms with van der Waals surface area (Å²) in [7, 11) is -13.5. The fourth-order valence-electron chi connectivity index (χ4n) is 7.04. The molecule has 0 radical (unpaired) electrons. The first kappa shape index (κ1) is 43.6. The lowest BCUT2D eigenvalue weighted by atomic mass is 9.85. The minimum Gasteiger partial charge on any atom is -0.355 e. The Morgan fingerprint density at radius 2 is 0.737 bits per heavy atom. The van der Waals surface area contributed by atoms with E-state index in [1.807, 2.05) is 104 Å². The highest BCUT2D eigenvalue weighted by Gasteiger charge is 2.26. The van der Waals surface area contributed by atoms with Gasteiger partial charge in [0, 0.05) is 28.7 Å². The number of nitrogens with one attached hydrogen (secondary N) is 2. The second kappa shape index (κ2) is 16.7. The van der Waals surface area contributed by atoms with Gasteiger partial charge in [0.05, 0.1) is 14.7 Å². The Kier molecular flexibility index (Phi) is 12.8. The minimum absolute atomic E-state index is 0.0882. The molecular weight excluding hydrogens is 785 g/mol. The van der Waals surface area contributed by atoms with E-state index in [1.165, 1.54) is 30.3 Å². The number of hydrogen-bond acceptors (Lipinski definition) is 8. The van der Waals surface area contributed by atoms with Crippen LogP contribution in [0.1, 0.15) is 124 Å². The molecule has 0 aliphatic heterocycles. The largest absolute Gasteiger partial charge is 0.355 e. The Morgan fingerprint density at radius 1 is 0.421 bits per heavy atom. The first-order valence-electron chi connectivity index (χ1n) is 18.6. The van der Waals surface area contributed by atoms with Gasteiger partial charge in [-0.15, -0.1) is 0 Å². The molecule has 11 nitrogen and oxygen atoms in total. The molecular formula is C43H50N2O9S3. The molecule has 0 aliphatic rings. The molecule has 14 heteroatoms. The van der Waals surface area contributed by atoms with Crippen LogP contribution in [0.15, 0.2) is 112 Å². The molecule has 0 aliphatic carbocycles. The SMILES string of the molecule is CC(C)c1cc(S(=O)(=O)O)cc(C(C)C)c1Nc1ccc(C(c2ccc(Nc3c(C(C)C)cc(S(=O)(=O)O)cc3C(C)C)cc2)c2ccccc2S(=O)(=O)O)cc1.